The largest absolute Gasteiger partial charge is 0.481 e. The van der Waals surface area contributed by atoms with Gasteiger partial charge in [0, 0.05) is 24.7 Å². The van der Waals surface area contributed by atoms with Crippen LogP contribution in [0.25, 0.3) is 0 Å². The molecule has 2 aliphatic rings. The Morgan fingerprint density at radius 1 is 1.23 bits per heavy atom. The van der Waals surface area contributed by atoms with E-state index in [2.05, 4.69) is 30.0 Å². The first kappa shape index (κ1) is 21.1. The van der Waals surface area contributed by atoms with Crippen molar-refractivity contribution in [3.05, 3.63) is 24.3 Å². The minimum atomic E-state index is -0.748. The van der Waals surface area contributed by atoms with Gasteiger partial charge >= 0.3 is 5.97 Å². The van der Waals surface area contributed by atoms with Crippen molar-refractivity contribution >= 4 is 5.97 Å². The lowest BCUT2D eigenvalue weighted by atomic mass is 9.89. The molecule has 148 valence electrons. The third-order valence-electron chi connectivity index (χ3n) is 5.28. The molecule has 2 bridgehead atoms. The molecule has 0 aromatic rings. The van der Waals surface area contributed by atoms with Gasteiger partial charge < -0.3 is 5.11 Å². The fourth-order valence-electron chi connectivity index (χ4n) is 3.79. The monoisotopic (exact) mass is 368 g/mol. The van der Waals surface area contributed by atoms with Gasteiger partial charge in [0.25, 0.3) is 0 Å². The van der Waals surface area contributed by atoms with Crippen molar-refractivity contribution in [3.8, 4) is 0 Å². The maximum Gasteiger partial charge on any atom is 0.303 e. The molecule has 1 saturated carbocycles. The zero-order valence-electron chi connectivity index (χ0n) is 15.6. The van der Waals surface area contributed by atoms with E-state index in [0.717, 1.165) is 44.9 Å². The van der Waals surface area contributed by atoms with E-state index in [4.69, 9.17) is 20.1 Å². The molecule has 6 heteroatoms. The zero-order valence-corrected chi connectivity index (χ0v) is 15.6. The maximum atomic E-state index is 10.5. The number of unbranched alkanes of at least 4 members (excludes halogenated alkanes) is 3. The maximum absolute atomic E-state index is 10.5. The predicted molar refractivity (Wildman–Crippen MR) is 97.4 cm³/mol. The fraction of sp³-hybridized carbons (Fsp3) is 0.750. The van der Waals surface area contributed by atoms with Crippen LogP contribution in [0.5, 0.6) is 0 Å². The summed E-state index contributed by atoms with van der Waals surface area (Å²) in [6, 6.07) is 0. The number of aliphatic carboxylic acids is 1. The van der Waals surface area contributed by atoms with Gasteiger partial charge in [0.2, 0.25) is 0 Å². The number of allylic oxidation sites excluding steroid dienone is 2. The summed E-state index contributed by atoms with van der Waals surface area (Å²) in [4.78, 5) is 25.9. The van der Waals surface area contributed by atoms with Crippen LogP contribution in [0.15, 0.2) is 24.3 Å². The molecule has 0 radical (unpaired) electrons. The summed E-state index contributed by atoms with van der Waals surface area (Å²) < 4.78 is 0. The number of fused-ring (bicyclic) bond motifs is 2. The minimum Gasteiger partial charge on any atom is -0.481 e. The molecular weight excluding hydrogens is 336 g/mol. The Morgan fingerprint density at radius 3 is 2.77 bits per heavy atom. The van der Waals surface area contributed by atoms with Gasteiger partial charge in [0.1, 0.15) is 12.2 Å². The van der Waals surface area contributed by atoms with Gasteiger partial charge in [-0.25, -0.2) is 14.7 Å². The quantitative estimate of drug-likeness (QED) is 0.215. The number of rotatable bonds is 13. The van der Waals surface area contributed by atoms with Crippen LogP contribution in [0.3, 0.4) is 0 Å². The van der Waals surface area contributed by atoms with Crippen LogP contribution in [0.2, 0.25) is 0 Å². The van der Waals surface area contributed by atoms with Crippen LogP contribution in [0.4, 0.5) is 0 Å². The average Bonchev–Trinajstić information content (AvgIpc) is 3.22. The Balaban J connectivity index is 1.82. The molecule has 1 saturated heterocycles. The molecule has 26 heavy (non-hydrogen) atoms. The highest BCUT2D eigenvalue weighted by Crippen LogP contribution is 2.44. The lowest BCUT2D eigenvalue weighted by Gasteiger charge is -2.27. The van der Waals surface area contributed by atoms with Gasteiger partial charge in [0.15, 0.2) is 0 Å². The molecule has 0 amide bonds. The molecule has 2 unspecified atom stereocenters. The van der Waals surface area contributed by atoms with Crippen molar-refractivity contribution in [2.24, 2.45) is 11.8 Å². The lowest BCUT2D eigenvalue weighted by molar-refractivity contribution is -0.336. The van der Waals surface area contributed by atoms with Crippen molar-refractivity contribution < 1.29 is 29.8 Å². The number of carbonyl (C=O) groups is 1. The second-order valence-corrected chi connectivity index (χ2v) is 7.26. The number of hydrogen-bond donors (Lipinski definition) is 2. The van der Waals surface area contributed by atoms with E-state index >= 15 is 0 Å². The molecule has 1 aliphatic heterocycles. The Bertz CT molecular complexity index is 475. The van der Waals surface area contributed by atoms with Gasteiger partial charge in [-0.3, -0.25) is 10.1 Å². The normalized spacial score (nSPS) is 29.2. The summed E-state index contributed by atoms with van der Waals surface area (Å²) >= 11 is 0. The molecule has 1 heterocycles. The summed E-state index contributed by atoms with van der Waals surface area (Å²) in [5, 5.41) is 17.8. The average molecular weight is 368 g/mol. The molecule has 2 fully saturated rings. The van der Waals surface area contributed by atoms with E-state index in [1.807, 2.05) is 6.08 Å². The van der Waals surface area contributed by atoms with Gasteiger partial charge in [-0.1, -0.05) is 50.5 Å². The van der Waals surface area contributed by atoms with Crippen LogP contribution in [-0.4, -0.2) is 34.6 Å². The Morgan fingerprint density at radius 2 is 2.04 bits per heavy atom. The zero-order chi connectivity index (χ0) is 18.8. The van der Waals surface area contributed by atoms with E-state index in [1.54, 1.807) is 0 Å². The van der Waals surface area contributed by atoms with Crippen molar-refractivity contribution in [2.45, 2.75) is 83.0 Å². The van der Waals surface area contributed by atoms with Crippen LogP contribution < -0.4 is 0 Å². The number of carboxylic acids is 1. The SMILES string of the molecule is CCCCC[C@@H](/C=C/[C@H]1C2CC(OO2)[C@@H]1C/C=C\CCCC(=O)O)OO. The number of hydrogen-bond acceptors (Lipinski definition) is 5. The van der Waals surface area contributed by atoms with Crippen LogP contribution >= 0.6 is 0 Å². The second kappa shape index (κ2) is 11.5. The first-order chi connectivity index (χ1) is 12.7. The molecule has 0 aromatic carbocycles. The summed E-state index contributed by atoms with van der Waals surface area (Å²) in [6.07, 6.45) is 15.7. The first-order valence-corrected chi connectivity index (χ1v) is 9.83. The van der Waals surface area contributed by atoms with E-state index in [-0.39, 0.29) is 30.7 Å². The Labute approximate surface area is 155 Å². The molecule has 1 aliphatic carbocycles. The summed E-state index contributed by atoms with van der Waals surface area (Å²) in [5.74, 6) is -0.154. The molecule has 0 spiro atoms. The van der Waals surface area contributed by atoms with E-state index < -0.39 is 5.97 Å². The van der Waals surface area contributed by atoms with E-state index in [0.29, 0.717) is 12.3 Å². The third-order valence-corrected chi connectivity index (χ3v) is 5.28. The molecule has 6 nitrogen and oxygen atoms in total. The van der Waals surface area contributed by atoms with Gasteiger partial charge in [-0.2, -0.15) is 0 Å². The summed E-state index contributed by atoms with van der Waals surface area (Å²) in [6.45, 7) is 2.15. The predicted octanol–water partition coefficient (Wildman–Crippen LogP) is 4.52. The van der Waals surface area contributed by atoms with Crippen molar-refractivity contribution in [2.75, 3.05) is 0 Å². The van der Waals surface area contributed by atoms with Gasteiger partial charge in [0.05, 0.1) is 6.10 Å². The van der Waals surface area contributed by atoms with Gasteiger partial charge in [-0.05, 0) is 25.7 Å². The van der Waals surface area contributed by atoms with Crippen molar-refractivity contribution in [1.29, 1.82) is 0 Å². The minimum absolute atomic E-state index is 0.0663. The fourth-order valence-corrected chi connectivity index (χ4v) is 3.79. The molecule has 2 rings (SSSR count). The van der Waals surface area contributed by atoms with Crippen molar-refractivity contribution in [3.63, 3.8) is 0 Å². The van der Waals surface area contributed by atoms with Crippen molar-refractivity contribution in [1.82, 2.24) is 0 Å². The van der Waals surface area contributed by atoms with Gasteiger partial charge in [-0.15, -0.1) is 0 Å². The molecule has 5 atom stereocenters. The summed E-state index contributed by atoms with van der Waals surface area (Å²) in [5.41, 5.74) is 0. The Hall–Kier alpha value is -1.21. The van der Waals surface area contributed by atoms with Crippen LogP contribution in [-0.2, 0) is 19.5 Å². The van der Waals surface area contributed by atoms with E-state index in [1.165, 1.54) is 0 Å². The van der Waals surface area contributed by atoms with Crippen LogP contribution in [0.1, 0.15) is 64.7 Å². The Kier molecular flexibility index (Phi) is 9.32. The molecular formula is C20H32O6. The van der Waals surface area contributed by atoms with E-state index in [9.17, 15) is 4.79 Å². The third kappa shape index (κ3) is 6.50. The second-order valence-electron chi connectivity index (χ2n) is 7.26. The number of carboxylic acid groups (broad SMARTS) is 1. The highest BCUT2D eigenvalue weighted by Gasteiger charge is 2.49. The standard InChI is InChI=1S/C20H32O6/c1-2-3-6-9-15(24-23)12-13-17-16(18-14-19(17)26-25-18)10-7-4-5-8-11-20(21)22/h4,7,12-13,15-19,23H,2-3,5-6,8-11,14H2,1H3,(H,21,22)/b7-4-,13-12+/t15-,16+,17+,18?,19?/m0/s1. The molecule has 0 aromatic heterocycles. The smallest absolute Gasteiger partial charge is 0.303 e. The highest BCUT2D eigenvalue weighted by atomic mass is 17.2. The van der Waals surface area contributed by atoms with Crippen LogP contribution in [0, 0.1) is 11.8 Å². The highest BCUT2D eigenvalue weighted by molar-refractivity contribution is 5.66. The lowest BCUT2D eigenvalue weighted by Crippen LogP contribution is -2.29. The first-order valence-electron chi connectivity index (χ1n) is 9.83. The topological polar surface area (TPSA) is 85.2 Å². The molecule has 2 N–H and O–H groups in total. The summed E-state index contributed by atoms with van der Waals surface area (Å²) in [7, 11) is 0.